The van der Waals surface area contributed by atoms with E-state index in [4.69, 9.17) is 9.84 Å². The van der Waals surface area contributed by atoms with Crippen LogP contribution in [-0.4, -0.2) is 30.3 Å². The second-order valence-corrected chi connectivity index (χ2v) is 4.82. The van der Waals surface area contributed by atoms with Gasteiger partial charge in [-0.1, -0.05) is 13.8 Å². The highest BCUT2D eigenvalue weighted by Gasteiger charge is 2.13. The van der Waals surface area contributed by atoms with E-state index >= 15 is 0 Å². The Morgan fingerprint density at radius 3 is 2.53 bits per heavy atom. The van der Waals surface area contributed by atoms with Crippen LogP contribution < -0.4 is 10.1 Å². The third kappa shape index (κ3) is 6.20. The Labute approximate surface area is 112 Å². The summed E-state index contributed by atoms with van der Waals surface area (Å²) in [6.45, 7) is 3.79. The van der Waals surface area contributed by atoms with E-state index in [9.17, 15) is 9.18 Å². The molecule has 0 aliphatic heterocycles. The Hall–Kier alpha value is -1.62. The zero-order chi connectivity index (χ0) is 14.3. The van der Waals surface area contributed by atoms with Crippen molar-refractivity contribution >= 4 is 5.91 Å². The number of halogens is 1. The molecule has 1 unspecified atom stereocenters. The van der Waals surface area contributed by atoms with Gasteiger partial charge >= 0.3 is 0 Å². The summed E-state index contributed by atoms with van der Waals surface area (Å²) in [6, 6.07) is 5.19. The zero-order valence-electron chi connectivity index (χ0n) is 11.2. The molecule has 5 heteroatoms. The molecule has 0 aliphatic carbocycles. The molecule has 2 N–H and O–H groups in total. The lowest BCUT2D eigenvalue weighted by atomic mass is 10.0. The molecule has 4 nitrogen and oxygen atoms in total. The number of hydrogen-bond acceptors (Lipinski definition) is 3. The standard InChI is InChI=1S/C14H20FNO3/c1-10(2)7-12(8-17)16-14(18)9-19-13-5-3-11(15)4-6-13/h3-6,10,12,17H,7-9H2,1-2H3,(H,16,18). The molecule has 0 radical (unpaired) electrons. The van der Waals surface area contributed by atoms with Crippen LogP contribution >= 0.6 is 0 Å². The van der Waals surface area contributed by atoms with Gasteiger partial charge in [-0.25, -0.2) is 4.39 Å². The first-order valence-electron chi connectivity index (χ1n) is 6.30. The molecule has 19 heavy (non-hydrogen) atoms. The van der Waals surface area contributed by atoms with Gasteiger partial charge in [0.25, 0.3) is 5.91 Å². The summed E-state index contributed by atoms with van der Waals surface area (Å²) in [5.74, 6) is 0.162. The van der Waals surface area contributed by atoms with Crippen LogP contribution in [0.15, 0.2) is 24.3 Å². The highest BCUT2D eigenvalue weighted by molar-refractivity contribution is 5.77. The van der Waals surface area contributed by atoms with Crippen LogP contribution in [0.3, 0.4) is 0 Å². The molecule has 0 fully saturated rings. The highest BCUT2D eigenvalue weighted by Crippen LogP contribution is 2.10. The number of benzene rings is 1. The van der Waals surface area contributed by atoms with E-state index in [1.165, 1.54) is 24.3 Å². The molecule has 0 aromatic heterocycles. The van der Waals surface area contributed by atoms with Gasteiger partial charge < -0.3 is 15.2 Å². The molecule has 1 aromatic rings. The maximum atomic E-state index is 12.7. The second kappa shape index (κ2) is 7.74. The van der Waals surface area contributed by atoms with Gasteiger partial charge in [0.15, 0.2) is 6.61 Å². The van der Waals surface area contributed by atoms with Crippen molar-refractivity contribution in [2.75, 3.05) is 13.2 Å². The van der Waals surface area contributed by atoms with E-state index in [0.717, 1.165) is 0 Å². The molecule has 1 rings (SSSR count). The van der Waals surface area contributed by atoms with Crippen LogP contribution in [0.5, 0.6) is 5.75 Å². The normalized spacial score (nSPS) is 12.3. The van der Waals surface area contributed by atoms with Crippen molar-refractivity contribution in [2.24, 2.45) is 5.92 Å². The van der Waals surface area contributed by atoms with Crippen LogP contribution in [0.4, 0.5) is 4.39 Å². The molecule has 106 valence electrons. The molecule has 0 saturated heterocycles. The summed E-state index contributed by atoms with van der Waals surface area (Å²) in [4.78, 5) is 11.6. The Balaban J connectivity index is 2.36. The van der Waals surface area contributed by atoms with E-state index in [2.05, 4.69) is 5.32 Å². The largest absolute Gasteiger partial charge is 0.484 e. The third-order valence-corrected chi connectivity index (χ3v) is 2.52. The molecule has 0 aliphatic rings. The monoisotopic (exact) mass is 269 g/mol. The predicted octanol–water partition coefficient (Wildman–Crippen LogP) is 1.73. The lowest BCUT2D eigenvalue weighted by Gasteiger charge is -2.18. The molecule has 0 heterocycles. The Morgan fingerprint density at radius 2 is 2.00 bits per heavy atom. The molecular weight excluding hydrogens is 249 g/mol. The molecule has 1 aromatic carbocycles. The van der Waals surface area contributed by atoms with E-state index in [1.807, 2.05) is 13.8 Å². The van der Waals surface area contributed by atoms with E-state index in [1.54, 1.807) is 0 Å². The van der Waals surface area contributed by atoms with Gasteiger partial charge in [0.05, 0.1) is 12.6 Å². The first kappa shape index (κ1) is 15.4. The number of nitrogens with one attached hydrogen (secondary N) is 1. The number of carbonyl (C=O) groups is 1. The van der Waals surface area contributed by atoms with Crippen molar-refractivity contribution in [3.63, 3.8) is 0 Å². The van der Waals surface area contributed by atoms with E-state index in [0.29, 0.717) is 18.1 Å². The summed E-state index contributed by atoms with van der Waals surface area (Å²) in [6.07, 6.45) is 0.707. The van der Waals surface area contributed by atoms with Crippen molar-refractivity contribution in [3.8, 4) is 5.75 Å². The average molecular weight is 269 g/mol. The fourth-order valence-electron chi connectivity index (χ4n) is 1.70. The summed E-state index contributed by atoms with van der Waals surface area (Å²) in [5.41, 5.74) is 0. The van der Waals surface area contributed by atoms with Gasteiger partial charge in [-0.05, 0) is 36.6 Å². The van der Waals surface area contributed by atoms with Gasteiger partial charge in [-0.3, -0.25) is 4.79 Å². The minimum Gasteiger partial charge on any atom is -0.484 e. The van der Waals surface area contributed by atoms with Crippen molar-refractivity contribution < 1.29 is 19.0 Å². The van der Waals surface area contributed by atoms with Gasteiger partial charge in [0, 0.05) is 0 Å². The van der Waals surface area contributed by atoms with Gasteiger partial charge in [-0.15, -0.1) is 0 Å². The second-order valence-electron chi connectivity index (χ2n) is 4.82. The maximum Gasteiger partial charge on any atom is 0.258 e. The summed E-state index contributed by atoms with van der Waals surface area (Å²) in [5, 5.41) is 11.8. The number of ether oxygens (including phenoxy) is 1. The Bertz CT molecular complexity index is 392. The molecule has 1 amide bonds. The van der Waals surface area contributed by atoms with E-state index in [-0.39, 0.29) is 31.0 Å². The average Bonchev–Trinajstić information content (AvgIpc) is 2.36. The number of aliphatic hydroxyl groups excluding tert-OH is 1. The molecule has 0 saturated carbocycles. The minimum absolute atomic E-state index is 0.0968. The number of carbonyl (C=O) groups excluding carboxylic acids is 1. The zero-order valence-corrected chi connectivity index (χ0v) is 11.2. The van der Waals surface area contributed by atoms with Crippen LogP contribution in [0.25, 0.3) is 0 Å². The van der Waals surface area contributed by atoms with E-state index < -0.39 is 0 Å². The SMILES string of the molecule is CC(C)CC(CO)NC(=O)COc1ccc(F)cc1. The number of hydrogen-bond donors (Lipinski definition) is 2. The quantitative estimate of drug-likeness (QED) is 0.792. The van der Waals surface area contributed by atoms with Crippen molar-refractivity contribution in [3.05, 3.63) is 30.1 Å². The lowest BCUT2D eigenvalue weighted by molar-refractivity contribution is -0.124. The Kier molecular flexibility index (Phi) is 6.29. The molecule has 1 atom stereocenters. The fraction of sp³-hybridized carbons (Fsp3) is 0.500. The number of amides is 1. The highest BCUT2D eigenvalue weighted by atomic mass is 19.1. The first-order chi connectivity index (χ1) is 9.01. The lowest BCUT2D eigenvalue weighted by Crippen LogP contribution is -2.40. The summed E-state index contributed by atoms with van der Waals surface area (Å²) < 4.78 is 17.9. The summed E-state index contributed by atoms with van der Waals surface area (Å²) >= 11 is 0. The molecule has 0 spiro atoms. The maximum absolute atomic E-state index is 12.7. The molecular formula is C14H20FNO3. The van der Waals surface area contributed by atoms with Crippen LogP contribution in [0.1, 0.15) is 20.3 Å². The smallest absolute Gasteiger partial charge is 0.258 e. The number of aliphatic hydroxyl groups is 1. The van der Waals surface area contributed by atoms with Crippen LogP contribution in [0, 0.1) is 11.7 Å². The van der Waals surface area contributed by atoms with Crippen molar-refractivity contribution in [2.45, 2.75) is 26.3 Å². The van der Waals surface area contributed by atoms with Crippen LogP contribution in [-0.2, 0) is 4.79 Å². The summed E-state index contributed by atoms with van der Waals surface area (Å²) in [7, 11) is 0. The van der Waals surface area contributed by atoms with Gasteiger partial charge in [0.2, 0.25) is 0 Å². The third-order valence-electron chi connectivity index (χ3n) is 2.52. The van der Waals surface area contributed by atoms with Crippen LogP contribution in [0.2, 0.25) is 0 Å². The minimum atomic E-state index is -0.353. The molecule has 0 bridgehead atoms. The topological polar surface area (TPSA) is 58.6 Å². The van der Waals surface area contributed by atoms with Crippen molar-refractivity contribution in [1.82, 2.24) is 5.32 Å². The number of rotatable bonds is 7. The van der Waals surface area contributed by atoms with Gasteiger partial charge in [0.1, 0.15) is 11.6 Å². The fourth-order valence-corrected chi connectivity index (χ4v) is 1.70. The Morgan fingerprint density at radius 1 is 1.37 bits per heavy atom. The van der Waals surface area contributed by atoms with Crippen molar-refractivity contribution in [1.29, 1.82) is 0 Å². The predicted molar refractivity (Wildman–Crippen MR) is 70.4 cm³/mol. The van der Waals surface area contributed by atoms with Gasteiger partial charge in [-0.2, -0.15) is 0 Å². The first-order valence-corrected chi connectivity index (χ1v) is 6.30.